The van der Waals surface area contributed by atoms with Crippen LogP contribution in [0.1, 0.15) is 40.5 Å². The van der Waals surface area contributed by atoms with Gasteiger partial charge in [-0.2, -0.15) is 0 Å². The van der Waals surface area contributed by atoms with Crippen molar-refractivity contribution in [2.75, 3.05) is 6.61 Å². The zero-order valence-electron chi connectivity index (χ0n) is 12.1. The van der Waals surface area contributed by atoms with E-state index in [0.29, 0.717) is 0 Å². The van der Waals surface area contributed by atoms with Gasteiger partial charge in [0.1, 0.15) is 0 Å². The highest BCUT2D eigenvalue weighted by Gasteiger charge is 2.29. The summed E-state index contributed by atoms with van der Waals surface area (Å²) in [5, 5.41) is 1.08. The van der Waals surface area contributed by atoms with Crippen molar-refractivity contribution in [3.8, 4) is 5.75 Å². The predicted molar refractivity (Wildman–Crippen MR) is 77.9 cm³/mol. The highest BCUT2D eigenvalue weighted by atomic mass is 27.2. The van der Waals surface area contributed by atoms with Crippen LogP contribution in [0.5, 0.6) is 5.75 Å². The van der Waals surface area contributed by atoms with Crippen LogP contribution in [0.3, 0.4) is 0 Å². The van der Waals surface area contributed by atoms with E-state index < -0.39 is 14.8 Å². The van der Waals surface area contributed by atoms with Gasteiger partial charge in [-0.3, -0.25) is 0 Å². The summed E-state index contributed by atoms with van der Waals surface area (Å²) in [4.78, 5) is 0. The number of hydrogen-bond acceptors (Lipinski definition) is 2. The minimum Gasteiger partial charge on any atom is -0.622 e. The van der Waals surface area contributed by atoms with Crippen molar-refractivity contribution < 1.29 is 7.58 Å². The zero-order chi connectivity index (χ0) is 13.4. The Labute approximate surface area is 116 Å². The van der Waals surface area contributed by atoms with Gasteiger partial charge in [0.05, 0.1) is 5.75 Å². The molecule has 0 aliphatic carbocycles. The van der Waals surface area contributed by atoms with Crippen LogP contribution < -0.4 is 3.79 Å². The highest BCUT2D eigenvalue weighted by Crippen LogP contribution is 2.18. The van der Waals surface area contributed by atoms with Crippen LogP contribution in [0.25, 0.3) is 0 Å². The predicted octanol–water partition coefficient (Wildman–Crippen LogP) is 4.42. The SMILES string of the molecule is CCC[CH2][Al]([O]CC(C)(C)C)[O]c1ccccc1. The average molecular weight is 264 g/mol. The van der Waals surface area contributed by atoms with Crippen molar-refractivity contribution in [1.29, 1.82) is 0 Å². The second kappa shape index (κ2) is 7.84. The second-order valence-electron chi connectivity index (χ2n) is 5.87. The first kappa shape index (κ1) is 15.6. The summed E-state index contributed by atoms with van der Waals surface area (Å²) in [6.45, 7) is 9.57. The van der Waals surface area contributed by atoms with E-state index in [1.807, 2.05) is 30.3 Å². The van der Waals surface area contributed by atoms with Gasteiger partial charge >= 0.3 is 14.8 Å². The van der Waals surface area contributed by atoms with E-state index >= 15 is 0 Å². The van der Waals surface area contributed by atoms with E-state index in [0.717, 1.165) is 17.6 Å². The maximum Gasteiger partial charge on any atom is 0.765 e. The quantitative estimate of drug-likeness (QED) is 0.679. The number of benzene rings is 1. The Kier molecular flexibility index (Phi) is 6.78. The summed E-state index contributed by atoms with van der Waals surface area (Å²) in [5.74, 6) is 0.944. The van der Waals surface area contributed by atoms with Crippen LogP contribution in [0.2, 0.25) is 5.28 Å². The van der Waals surface area contributed by atoms with Gasteiger partial charge in [-0.05, 0) is 22.8 Å². The molecular formula is C15H25AlO2. The molecular weight excluding hydrogens is 239 g/mol. The Morgan fingerprint density at radius 1 is 1.11 bits per heavy atom. The van der Waals surface area contributed by atoms with Crippen molar-refractivity contribution >= 4 is 14.8 Å². The van der Waals surface area contributed by atoms with Crippen molar-refractivity contribution in [2.45, 2.75) is 45.8 Å². The van der Waals surface area contributed by atoms with E-state index in [9.17, 15) is 0 Å². The normalized spacial score (nSPS) is 11.3. The molecule has 1 rings (SSSR count). The summed E-state index contributed by atoms with van der Waals surface area (Å²) >= 11 is -1.58. The van der Waals surface area contributed by atoms with E-state index in [1.165, 1.54) is 12.8 Å². The third-order valence-corrected chi connectivity index (χ3v) is 4.46. The molecule has 100 valence electrons. The molecule has 0 saturated heterocycles. The fourth-order valence-corrected chi connectivity index (χ4v) is 3.78. The van der Waals surface area contributed by atoms with Crippen LogP contribution in [-0.4, -0.2) is 21.4 Å². The van der Waals surface area contributed by atoms with E-state index in [2.05, 4.69) is 27.7 Å². The number of para-hydroxylation sites is 1. The molecule has 0 spiro atoms. The summed E-state index contributed by atoms with van der Waals surface area (Å²) in [7, 11) is 0. The summed E-state index contributed by atoms with van der Waals surface area (Å²) in [6.07, 6.45) is 2.38. The zero-order valence-corrected chi connectivity index (χ0v) is 13.3. The largest absolute Gasteiger partial charge is 0.765 e. The van der Waals surface area contributed by atoms with Crippen LogP contribution in [0.4, 0.5) is 0 Å². The first-order valence-electron chi connectivity index (χ1n) is 6.84. The lowest BCUT2D eigenvalue weighted by molar-refractivity contribution is 0.171. The molecule has 0 heterocycles. The van der Waals surface area contributed by atoms with Gasteiger partial charge in [-0.25, -0.2) is 0 Å². The molecule has 0 amide bonds. The van der Waals surface area contributed by atoms with E-state index in [-0.39, 0.29) is 5.41 Å². The third-order valence-electron chi connectivity index (χ3n) is 2.51. The molecule has 0 N–H and O–H groups in total. The molecule has 0 fully saturated rings. The smallest absolute Gasteiger partial charge is 0.622 e. The second-order valence-corrected chi connectivity index (χ2v) is 7.88. The molecule has 0 saturated carbocycles. The Balaban J connectivity index is 2.50. The molecule has 18 heavy (non-hydrogen) atoms. The summed E-state index contributed by atoms with van der Waals surface area (Å²) < 4.78 is 12.1. The average Bonchev–Trinajstić information content (AvgIpc) is 2.33. The minimum atomic E-state index is -1.58. The Morgan fingerprint density at radius 2 is 1.78 bits per heavy atom. The Hall–Kier alpha value is -0.488. The van der Waals surface area contributed by atoms with Crippen LogP contribution in [0, 0.1) is 5.41 Å². The first-order chi connectivity index (χ1) is 8.51. The van der Waals surface area contributed by atoms with E-state index in [1.54, 1.807) is 0 Å². The maximum atomic E-state index is 6.03. The Morgan fingerprint density at radius 3 is 2.33 bits per heavy atom. The number of rotatable bonds is 7. The lowest BCUT2D eigenvalue weighted by atomic mass is 9.99. The minimum absolute atomic E-state index is 0.206. The fraction of sp³-hybridized carbons (Fsp3) is 0.600. The van der Waals surface area contributed by atoms with Gasteiger partial charge in [0.25, 0.3) is 0 Å². The molecule has 0 radical (unpaired) electrons. The lowest BCUT2D eigenvalue weighted by Crippen LogP contribution is -2.30. The maximum absolute atomic E-state index is 6.03. The van der Waals surface area contributed by atoms with Crippen molar-refractivity contribution in [2.24, 2.45) is 5.41 Å². The molecule has 0 bridgehead atoms. The first-order valence-corrected chi connectivity index (χ1v) is 8.60. The van der Waals surface area contributed by atoms with Crippen LogP contribution in [0.15, 0.2) is 30.3 Å². The molecule has 0 unspecified atom stereocenters. The van der Waals surface area contributed by atoms with Gasteiger partial charge in [-0.15, -0.1) is 0 Å². The molecule has 0 atom stereocenters. The molecule has 0 aliphatic rings. The highest BCUT2D eigenvalue weighted by molar-refractivity contribution is 6.45. The lowest BCUT2D eigenvalue weighted by Gasteiger charge is -2.22. The topological polar surface area (TPSA) is 18.5 Å². The third kappa shape index (κ3) is 7.06. The number of unbranched alkanes of at least 4 members (excludes halogenated alkanes) is 1. The van der Waals surface area contributed by atoms with Gasteiger partial charge in [0, 0.05) is 6.61 Å². The molecule has 1 aromatic carbocycles. The monoisotopic (exact) mass is 264 g/mol. The molecule has 1 aromatic rings. The standard InChI is InChI=1S/C6H6O.C5H11O.C4H9.Al/c7-6-4-2-1-3-5-6;1-5(2,3)4-6;1-3-4-2;/h1-5,7H;4H2,1-3H3;1,3-4H2,2H3;/q;-1;;+2/p-1. The van der Waals surface area contributed by atoms with Gasteiger partial charge in [0.2, 0.25) is 0 Å². The molecule has 0 aliphatic heterocycles. The van der Waals surface area contributed by atoms with Crippen molar-refractivity contribution in [3.05, 3.63) is 30.3 Å². The van der Waals surface area contributed by atoms with Gasteiger partial charge in [0.15, 0.2) is 0 Å². The summed E-state index contributed by atoms with van der Waals surface area (Å²) in [5.41, 5.74) is 0.206. The molecule has 0 aromatic heterocycles. The Bertz CT molecular complexity index is 319. The molecule has 3 heteroatoms. The summed E-state index contributed by atoms with van der Waals surface area (Å²) in [6, 6.07) is 10.0. The molecule has 2 nitrogen and oxygen atoms in total. The fourth-order valence-electron chi connectivity index (χ4n) is 1.54. The van der Waals surface area contributed by atoms with Crippen LogP contribution >= 0.6 is 0 Å². The van der Waals surface area contributed by atoms with Gasteiger partial charge in [-0.1, -0.05) is 58.7 Å². The van der Waals surface area contributed by atoms with E-state index in [4.69, 9.17) is 7.58 Å². The number of hydrogen-bond donors (Lipinski definition) is 0. The van der Waals surface area contributed by atoms with Crippen molar-refractivity contribution in [3.63, 3.8) is 0 Å². The van der Waals surface area contributed by atoms with Crippen LogP contribution in [-0.2, 0) is 3.79 Å². The van der Waals surface area contributed by atoms with Crippen molar-refractivity contribution in [1.82, 2.24) is 0 Å². The van der Waals surface area contributed by atoms with Gasteiger partial charge < -0.3 is 7.58 Å².